The number of hydrogen-bond acceptors (Lipinski definition) is 4. The van der Waals surface area contributed by atoms with Gasteiger partial charge < -0.3 is 9.55 Å². The first-order valence-corrected chi connectivity index (χ1v) is 9.30. The van der Waals surface area contributed by atoms with Crippen molar-refractivity contribution in [1.82, 2.24) is 14.1 Å². The zero-order valence-electron chi connectivity index (χ0n) is 13.5. The summed E-state index contributed by atoms with van der Waals surface area (Å²) < 4.78 is 25.6. The van der Waals surface area contributed by atoms with Crippen LogP contribution in [0.5, 0.6) is 0 Å². The van der Waals surface area contributed by atoms with Gasteiger partial charge in [0.1, 0.15) is 5.88 Å². The summed E-state index contributed by atoms with van der Waals surface area (Å²) in [7, 11) is -1.62. The van der Waals surface area contributed by atoms with Gasteiger partial charge in [-0.05, 0) is 36.8 Å². The Morgan fingerprint density at radius 1 is 1.21 bits per heavy atom. The molecule has 0 atom stereocenters. The molecule has 0 bridgehead atoms. The van der Waals surface area contributed by atoms with Crippen molar-refractivity contribution in [2.45, 2.75) is 12.8 Å². The molecule has 126 valence electrons. The SMILES string of the molecule is Cc1cc2[nH]c(=O)n(CS(C)(=O)=O)c(=O)c2cc1-c1cccn1C. The lowest BCUT2D eigenvalue weighted by Crippen LogP contribution is -2.37. The second-order valence-corrected chi connectivity index (χ2v) is 8.04. The Labute approximate surface area is 138 Å². The topological polar surface area (TPSA) is 93.9 Å². The van der Waals surface area contributed by atoms with Crippen LogP contribution in [0.25, 0.3) is 22.2 Å². The summed E-state index contributed by atoms with van der Waals surface area (Å²) in [5.41, 5.74) is 1.73. The van der Waals surface area contributed by atoms with E-state index in [0.29, 0.717) is 10.1 Å². The van der Waals surface area contributed by atoms with Gasteiger partial charge >= 0.3 is 5.69 Å². The Hall–Kier alpha value is -2.61. The smallest absolute Gasteiger partial charge is 0.329 e. The third kappa shape index (κ3) is 2.80. The van der Waals surface area contributed by atoms with Crippen LogP contribution < -0.4 is 11.2 Å². The van der Waals surface area contributed by atoms with Crippen molar-refractivity contribution in [1.29, 1.82) is 0 Å². The summed E-state index contributed by atoms with van der Waals surface area (Å²) >= 11 is 0. The molecular formula is C16H17N3O4S. The fourth-order valence-electron chi connectivity index (χ4n) is 2.78. The lowest BCUT2D eigenvalue weighted by atomic mass is 10.0. The quantitative estimate of drug-likeness (QED) is 0.765. The van der Waals surface area contributed by atoms with E-state index in [-0.39, 0.29) is 5.39 Å². The van der Waals surface area contributed by atoms with E-state index in [0.717, 1.165) is 23.1 Å². The van der Waals surface area contributed by atoms with Crippen LogP contribution in [-0.2, 0) is 22.8 Å². The lowest BCUT2D eigenvalue weighted by Gasteiger charge is -2.11. The van der Waals surface area contributed by atoms with Gasteiger partial charge in [-0.2, -0.15) is 0 Å². The Balaban J connectivity index is 2.35. The summed E-state index contributed by atoms with van der Waals surface area (Å²) in [6, 6.07) is 7.24. The molecule has 24 heavy (non-hydrogen) atoms. The molecule has 0 unspecified atom stereocenters. The second kappa shape index (κ2) is 5.48. The molecule has 0 aliphatic carbocycles. The molecule has 0 amide bonds. The molecule has 0 aliphatic rings. The first kappa shape index (κ1) is 16.3. The molecular weight excluding hydrogens is 330 g/mol. The standard InChI is InChI=1S/C16H17N3O4S/c1-10-7-13-12(8-11(10)14-5-4-6-18(14)2)15(20)19(16(21)17-13)9-24(3,22)23/h4-8H,9H2,1-3H3,(H,17,21). The van der Waals surface area contributed by atoms with Crippen LogP contribution in [0, 0.1) is 6.92 Å². The van der Waals surface area contributed by atoms with Crippen molar-refractivity contribution in [3.63, 3.8) is 0 Å². The van der Waals surface area contributed by atoms with Gasteiger partial charge in [-0.3, -0.25) is 4.79 Å². The Morgan fingerprint density at radius 3 is 2.50 bits per heavy atom. The van der Waals surface area contributed by atoms with Gasteiger partial charge in [0.2, 0.25) is 0 Å². The van der Waals surface area contributed by atoms with E-state index in [1.807, 2.05) is 36.9 Å². The molecule has 8 heteroatoms. The van der Waals surface area contributed by atoms with Crippen molar-refractivity contribution in [3.05, 3.63) is 56.9 Å². The predicted molar refractivity (Wildman–Crippen MR) is 92.8 cm³/mol. The minimum Gasteiger partial charge on any atom is -0.351 e. The van der Waals surface area contributed by atoms with Crippen LogP contribution in [0.2, 0.25) is 0 Å². The van der Waals surface area contributed by atoms with E-state index in [9.17, 15) is 18.0 Å². The molecule has 0 saturated heterocycles. The molecule has 7 nitrogen and oxygen atoms in total. The number of nitrogens with zero attached hydrogens (tertiary/aromatic N) is 2. The van der Waals surface area contributed by atoms with Gasteiger partial charge in [-0.15, -0.1) is 0 Å². The summed E-state index contributed by atoms with van der Waals surface area (Å²) in [4.78, 5) is 27.3. The zero-order chi connectivity index (χ0) is 17.6. The number of fused-ring (bicyclic) bond motifs is 1. The van der Waals surface area contributed by atoms with E-state index in [1.165, 1.54) is 0 Å². The largest absolute Gasteiger partial charge is 0.351 e. The highest BCUT2D eigenvalue weighted by Gasteiger charge is 2.15. The van der Waals surface area contributed by atoms with E-state index in [4.69, 9.17) is 0 Å². The third-order valence-corrected chi connectivity index (χ3v) is 4.64. The van der Waals surface area contributed by atoms with Crippen LogP contribution in [0.4, 0.5) is 0 Å². The maximum Gasteiger partial charge on any atom is 0.329 e. The fourth-order valence-corrected chi connectivity index (χ4v) is 3.48. The average molecular weight is 347 g/mol. The number of benzene rings is 1. The molecule has 0 fully saturated rings. The summed E-state index contributed by atoms with van der Waals surface area (Å²) in [6.45, 7) is 1.89. The Bertz CT molecular complexity index is 1170. The first-order valence-electron chi connectivity index (χ1n) is 7.24. The summed E-state index contributed by atoms with van der Waals surface area (Å²) in [5.74, 6) is -0.648. The maximum atomic E-state index is 12.6. The number of nitrogens with one attached hydrogen (secondary N) is 1. The molecule has 2 aromatic heterocycles. The van der Waals surface area contributed by atoms with Gasteiger partial charge in [0, 0.05) is 30.8 Å². The van der Waals surface area contributed by atoms with Crippen LogP contribution >= 0.6 is 0 Å². The van der Waals surface area contributed by atoms with Gasteiger partial charge in [-0.1, -0.05) is 0 Å². The van der Waals surface area contributed by atoms with E-state index in [1.54, 1.807) is 12.1 Å². The number of rotatable bonds is 3. The van der Waals surface area contributed by atoms with Crippen molar-refractivity contribution in [2.75, 3.05) is 6.26 Å². The van der Waals surface area contributed by atoms with Crippen molar-refractivity contribution in [2.24, 2.45) is 7.05 Å². The first-order chi connectivity index (χ1) is 11.2. The third-order valence-electron chi connectivity index (χ3n) is 3.91. The minimum absolute atomic E-state index is 0.278. The van der Waals surface area contributed by atoms with Crippen LogP contribution in [0.15, 0.2) is 40.1 Å². The van der Waals surface area contributed by atoms with Crippen LogP contribution in [-0.4, -0.2) is 28.8 Å². The van der Waals surface area contributed by atoms with Crippen molar-refractivity contribution < 1.29 is 8.42 Å². The number of H-pyrrole nitrogens is 1. The number of aryl methyl sites for hydroxylation is 2. The fraction of sp³-hybridized carbons (Fsp3) is 0.250. The average Bonchev–Trinajstić information content (AvgIpc) is 2.88. The molecule has 0 saturated carbocycles. The Morgan fingerprint density at radius 2 is 1.92 bits per heavy atom. The molecule has 3 rings (SSSR count). The zero-order valence-corrected chi connectivity index (χ0v) is 14.3. The maximum absolute atomic E-state index is 12.6. The number of aromatic nitrogens is 3. The van der Waals surface area contributed by atoms with E-state index < -0.39 is 27.0 Å². The molecule has 3 aromatic rings. The number of hydrogen-bond donors (Lipinski definition) is 1. The molecule has 0 radical (unpaired) electrons. The van der Waals surface area contributed by atoms with Gasteiger partial charge in [-0.25, -0.2) is 17.8 Å². The molecule has 1 aromatic carbocycles. The molecule has 2 heterocycles. The van der Waals surface area contributed by atoms with Crippen molar-refractivity contribution >= 4 is 20.7 Å². The predicted octanol–water partition coefficient (Wildman–Crippen LogP) is 1.01. The van der Waals surface area contributed by atoms with Gasteiger partial charge in [0.05, 0.1) is 10.9 Å². The van der Waals surface area contributed by atoms with Gasteiger partial charge in [0.15, 0.2) is 9.84 Å². The van der Waals surface area contributed by atoms with Crippen LogP contribution in [0.1, 0.15) is 5.56 Å². The molecule has 0 aliphatic heterocycles. The highest BCUT2D eigenvalue weighted by molar-refractivity contribution is 7.89. The van der Waals surface area contributed by atoms with E-state index in [2.05, 4.69) is 4.98 Å². The molecule has 0 spiro atoms. The van der Waals surface area contributed by atoms with Crippen LogP contribution in [0.3, 0.4) is 0 Å². The number of aromatic amines is 1. The van der Waals surface area contributed by atoms with E-state index >= 15 is 0 Å². The Kier molecular flexibility index (Phi) is 3.71. The minimum atomic E-state index is -3.52. The summed E-state index contributed by atoms with van der Waals surface area (Å²) in [5, 5.41) is 0.278. The van der Waals surface area contributed by atoms with Crippen molar-refractivity contribution in [3.8, 4) is 11.3 Å². The second-order valence-electron chi connectivity index (χ2n) is 5.94. The number of sulfone groups is 1. The highest BCUT2D eigenvalue weighted by Crippen LogP contribution is 2.26. The summed E-state index contributed by atoms with van der Waals surface area (Å²) in [6.07, 6.45) is 2.88. The highest BCUT2D eigenvalue weighted by atomic mass is 32.2. The molecule has 1 N–H and O–H groups in total. The monoisotopic (exact) mass is 347 g/mol. The normalized spacial score (nSPS) is 12.0. The van der Waals surface area contributed by atoms with Gasteiger partial charge in [0.25, 0.3) is 5.56 Å². The lowest BCUT2D eigenvalue weighted by molar-refractivity contribution is 0.584.